The molecule has 166 valence electrons. The second kappa shape index (κ2) is 9.17. The molecular formula is C23H24FN5O3. The molecule has 2 aromatic carbocycles. The number of hydrogen-bond donors (Lipinski definition) is 1. The van der Waals surface area contributed by atoms with Gasteiger partial charge in [0.1, 0.15) is 36.1 Å². The molecule has 1 aromatic heterocycles. The van der Waals surface area contributed by atoms with Gasteiger partial charge in [-0.3, -0.25) is 0 Å². The first-order valence-corrected chi connectivity index (χ1v) is 10.3. The smallest absolute Gasteiger partial charge is 0.417 e. The van der Waals surface area contributed by atoms with Crippen molar-refractivity contribution in [3.05, 3.63) is 66.0 Å². The molecule has 8 nitrogen and oxygen atoms in total. The van der Waals surface area contributed by atoms with E-state index in [2.05, 4.69) is 20.3 Å². The van der Waals surface area contributed by atoms with E-state index in [1.165, 1.54) is 6.92 Å². The molecule has 1 N–H and O–H groups in total. The van der Waals surface area contributed by atoms with Crippen LogP contribution in [0.1, 0.15) is 31.3 Å². The highest BCUT2D eigenvalue weighted by molar-refractivity contribution is 5.88. The van der Waals surface area contributed by atoms with E-state index in [0.29, 0.717) is 5.82 Å². The molecule has 9 heteroatoms. The van der Waals surface area contributed by atoms with Gasteiger partial charge in [-0.25, -0.2) is 14.1 Å². The van der Waals surface area contributed by atoms with Gasteiger partial charge in [0.05, 0.1) is 6.04 Å². The molecule has 1 fully saturated rings. The van der Waals surface area contributed by atoms with Crippen LogP contribution < -0.4 is 15.0 Å². The predicted octanol–water partition coefficient (Wildman–Crippen LogP) is 4.83. The number of anilines is 2. The van der Waals surface area contributed by atoms with E-state index < -0.39 is 18.3 Å². The molecule has 4 rings (SSSR count). The van der Waals surface area contributed by atoms with Crippen LogP contribution in [0.2, 0.25) is 0 Å². The molecule has 1 aliphatic heterocycles. The van der Waals surface area contributed by atoms with Crippen molar-refractivity contribution in [2.24, 2.45) is 0 Å². The van der Waals surface area contributed by atoms with Gasteiger partial charge in [-0.05, 0) is 50.6 Å². The Morgan fingerprint density at radius 1 is 1.06 bits per heavy atom. The maximum Gasteiger partial charge on any atom is 0.417 e. The van der Waals surface area contributed by atoms with Crippen LogP contribution in [-0.2, 0) is 4.74 Å². The van der Waals surface area contributed by atoms with Crippen molar-refractivity contribution in [2.45, 2.75) is 39.0 Å². The van der Waals surface area contributed by atoms with Gasteiger partial charge in [0.2, 0.25) is 11.9 Å². The summed E-state index contributed by atoms with van der Waals surface area (Å²) in [4.78, 5) is 26.1. The normalized spacial score (nSPS) is 17.6. The summed E-state index contributed by atoms with van der Waals surface area (Å²) in [6.07, 6.45) is -1.96. The SMILES string of the molecule is Cc1nc(N[C@@H](C)c2ccc(Oc3ccccc3)cc2)nc(N2C(=O)OC[C@@H]2[C@H](C)F)n1. The van der Waals surface area contributed by atoms with Crippen LogP contribution in [0.15, 0.2) is 54.6 Å². The number of nitrogens with one attached hydrogen (secondary N) is 1. The molecule has 1 amide bonds. The largest absolute Gasteiger partial charge is 0.457 e. The van der Waals surface area contributed by atoms with E-state index in [-0.39, 0.29) is 24.5 Å². The first-order valence-electron chi connectivity index (χ1n) is 10.3. The Morgan fingerprint density at radius 3 is 2.44 bits per heavy atom. The number of ether oxygens (including phenoxy) is 2. The molecule has 3 atom stereocenters. The van der Waals surface area contributed by atoms with Crippen molar-refractivity contribution in [1.29, 1.82) is 0 Å². The van der Waals surface area contributed by atoms with Crippen LogP contribution in [0.5, 0.6) is 11.5 Å². The van der Waals surface area contributed by atoms with E-state index in [4.69, 9.17) is 9.47 Å². The quantitative estimate of drug-likeness (QED) is 0.566. The number of carbonyl (C=O) groups is 1. The van der Waals surface area contributed by atoms with Gasteiger partial charge in [0.15, 0.2) is 0 Å². The van der Waals surface area contributed by atoms with Crippen LogP contribution in [-0.4, -0.2) is 39.9 Å². The van der Waals surface area contributed by atoms with Gasteiger partial charge in [-0.15, -0.1) is 0 Å². The van der Waals surface area contributed by atoms with Gasteiger partial charge >= 0.3 is 6.09 Å². The van der Waals surface area contributed by atoms with E-state index in [1.807, 2.05) is 61.5 Å². The molecule has 0 radical (unpaired) electrons. The third-order valence-corrected chi connectivity index (χ3v) is 5.09. The molecule has 1 aliphatic rings. The maximum atomic E-state index is 13.9. The molecule has 0 unspecified atom stereocenters. The number of rotatable bonds is 7. The molecule has 2 heterocycles. The van der Waals surface area contributed by atoms with Crippen molar-refractivity contribution in [1.82, 2.24) is 15.0 Å². The number of aryl methyl sites for hydroxylation is 1. The summed E-state index contributed by atoms with van der Waals surface area (Å²) in [6.45, 7) is 4.98. The summed E-state index contributed by atoms with van der Waals surface area (Å²) in [6, 6.07) is 16.3. The number of halogens is 1. The zero-order valence-corrected chi connectivity index (χ0v) is 18.0. The average molecular weight is 437 g/mol. The van der Waals surface area contributed by atoms with Gasteiger partial charge in [-0.1, -0.05) is 30.3 Å². The zero-order chi connectivity index (χ0) is 22.7. The molecule has 3 aromatic rings. The Hall–Kier alpha value is -3.75. The van der Waals surface area contributed by atoms with E-state index in [0.717, 1.165) is 22.0 Å². The topological polar surface area (TPSA) is 89.5 Å². The number of aromatic nitrogens is 3. The summed E-state index contributed by atoms with van der Waals surface area (Å²) in [5.41, 5.74) is 0.987. The van der Waals surface area contributed by atoms with Crippen molar-refractivity contribution >= 4 is 18.0 Å². The highest BCUT2D eigenvalue weighted by atomic mass is 19.1. The van der Waals surface area contributed by atoms with E-state index in [9.17, 15) is 9.18 Å². The van der Waals surface area contributed by atoms with Crippen LogP contribution in [0, 0.1) is 6.92 Å². The van der Waals surface area contributed by atoms with Crippen molar-refractivity contribution in [2.75, 3.05) is 16.8 Å². The first-order chi connectivity index (χ1) is 15.4. The summed E-state index contributed by atoms with van der Waals surface area (Å²) in [5, 5.41) is 3.22. The Labute approximate surface area is 185 Å². The van der Waals surface area contributed by atoms with E-state index in [1.54, 1.807) is 6.92 Å². The third kappa shape index (κ3) is 4.77. The maximum absolute atomic E-state index is 13.9. The molecule has 1 saturated heterocycles. The lowest BCUT2D eigenvalue weighted by Gasteiger charge is -2.21. The fraction of sp³-hybridized carbons (Fsp3) is 0.304. The fourth-order valence-electron chi connectivity index (χ4n) is 3.37. The lowest BCUT2D eigenvalue weighted by molar-refractivity contribution is 0.174. The zero-order valence-electron chi connectivity index (χ0n) is 18.0. The number of carbonyl (C=O) groups excluding carboxylic acids is 1. The number of benzene rings is 2. The number of nitrogens with zero attached hydrogens (tertiary/aromatic N) is 4. The molecule has 32 heavy (non-hydrogen) atoms. The number of alkyl halides is 1. The van der Waals surface area contributed by atoms with Crippen LogP contribution in [0.3, 0.4) is 0 Å². The highest BCUT2D eigenvalue weighted by Crippen LogP contribution is 2.26. The van der Waals surface area contributed by atoms with E-state index >= 15 is 0 Å². The van der Waals surface area contributed by atoms with Crippen LogP contribution >= 0.6 is 0 Å². The lowest BCUT2D eigenvalue weighted by atomic mass is 10.1. The van der Waals surface area contributed by atoms with Gasteiger partial charge in [0.25, 0.3) is 0 Å². The standard InChI is InChI=1S/C23H24FN5O3/c1-14(24)20-13-31-23(30)29(20)22-27-16(3)26-21(28-22)25-15(2)17-9-11-19(12-10-17)32-18-7-5-4-6-8-18/h4-12,14-15,20H,13H2,1-3H3,(H,25,26,27,28)/t14-,15-,20+/m0/s1. The predicted molar refractivity (Wildman–Crippen MR) is 118 cm³/mol. The Kier molecular flexibility index (Phi) is 6.16. The second-order valence-electron chi connectivity index (χ2n) is 7.55. The van der Waals surface area contributed by atoms with Gasteiger partial charge < -0.3 is 14.8 Å². The fourth-order valence-corrected chi connectivity index (χ4v) is 3.37. The average Bonchev–Trinajstić information content (AvgIpc) is 3.16. The first kappa shape index (κ1) is 21.5. The molecule has 0 aliphatic carbocycles. The van der Waals surface area contributed by atoms with Crippen LogP contribution in [0.25, 0.3) is 0 Å². The Morgan fingerprint density at radius 2 is 1.75 bits per heavy atom. The van der Waals surface area contributed by atoms with Crippen LogP contribution in [0.4, 0.5) is 21.1 Å². The number of para-hydroxylation sites is 1. The molecular weight excluding hydrogens is 413 g/mol. The minimum absolute atomic E-state index is 0.0439. The molecule has 0 saturated carbocycles. The van der Waals surface area contributed by atoms with Gasteiger partial charge in [0, 0.05) is 0 Å². The number of amides is 1. The molecule has 0 spiro atoms. The minimum Gasteiger partial charge on any atom is -0.457 e. The van der Waals surface area contributed by atoms with Crippen molar-refractivity contribution < 1.29 is 18.7 Å². The highest BCUT2D eigenvalue weighted by Gasteiger charge is 2.40. The summed E-state index contributed by atoms with van der Waals surface area (Å²) < 4.78 is 24.8. The van der Waals surface area contributed by atoms with Gasteiger partial charge in [-0.2, -0.15) is 15.0 Å². The Bertz CT molecular complexity index is 1080. The minimum atomic E-state index is -1.29. The van der Waals surface area contributed by atoms with Crippen molar-refractivity contribution in [3.8, 4) is 11.5 Å². The lowest BCUT2D eigenvalue weighted by Crippen LogP contribution is -2.40. The second-order valence-corrected chi connectivity index (χ2v) is 7.55. The Balaban J connectivity index is 1.48. The third-order valence-electron chi connectivity index (χ3n) is 5.09. The summed E-state index contributed by atoms with van der Waals surface area (Å²) >= 11 is 0. The molecule has 0 bridgehead atoms. The van der Waals surface area contributed by atoms with Crippen molar-refractivity contribution in [3.63, 3.8) is 0 Å². The summed E-state index contributed by atoms with van der Waals surface area (Å²) in [5.74, 6) is 2.25. The summed E-state index contributed by atoms with van der Waals surface area (Å²) in [7, 11) is 0. The number of cyclic esters (lactones) is 1. The number of hydrogen-bond acceptors (Lipinski definition) is 7. The monoisotopic (exact) mass is 437 g/mol.